The maximum atomic E-state index is 6.43. The van der Waals surface area contributed by atoms with Gasteiger partial charge in [-0.2, -0.15) is 0 Å². The van der Waals surface area contributed by atoms with E-state index in [4.69, 9.17) is 14.2 Å². The predicted octanol–water partition coefficient (Wildman–Crippen LogP) is 5.15. The van der Waals surface area contributed by atoms with Crippen LogP contribution in [0.1, 0.15) is 63.4 Å². The molecular weight excluding hydrogens is 300 g/mol. The average molecular weight is 334 g/mol. The highest BCUT2D eigenvalue weighted by molar-refractivity contribution is 5.21. The van der Waals surface area contributed by atoms with Crippen LogP contribution in [-0.2, 0) is 14.2 Å². The average Bonchev–Trinajstić information content (AvgIpc) is 2.66. The first kappa shape index (κ1) is 19.4. The Morgan fingerprint density at radius 3 is 2.25 bits per heavy atom. The van der Waals surface area contributed by atoms with Crippen LogP contribution in [0.4, 0.5) is 0 Å². The normalized spacial score (nSPS) is 18.7. The molecule has 2 rings (SSSR count). The molecule has 1 fully saturated rings. The van der Waals surface area contributed by atoms with Crippen molar-refractivity contribution in [1.29, 1.82) is 0 Å². The topological polar surface area (TPSA) is 27.7 Å². The zero-order valence-corrected chi connectivity index (χ0v) is 15.6. The molecule has 2 atom stereocenters. The van der Waals surface area contributed by atoms with Crippen LogP contribution in [-0.4, -0.2) is 33.2 Å². The molecule has 0 radical (unpaired) electrons. The van der Waals surface area contributed by atoms with Gasteiger partial charge in [0, 0.05) is 33.2 Å². The molecule has 0 aromatic heterocycles. The van der Waals surface area contributed by atoms with E-state index in [2.05, 4.69) is 37.3 Å². The monoisotopic (exact) mass is 334 g/mol. The molecule has 136 valence electrons. The number of methoxy groups -OCH3 is 2. The summed E-state index contributed by atoms with van der Waals surface area (Å²) < 4.78 is 17.5. The molecule has 1 aromatic carbocycles. The molecule has 1 aliphatic rings. The van der Waals surface area contributed by atoms with E-state index in [0.717, 1.165) is 19.4 Å². The van der Waals surface area contributed by atoms with Gasteiger partial charge in [0.1, 0.15) is 0 Å². The van der Waals surface area contributed by atoms with Crippen LogP contribution >= 0.6 is 0 Å². The summed E-state index contributed by atoms with van der Waals surface area (Å²) in [4.78, 5) is 0. The minimum absolute atomic E-state index is 0.188. The number of ether oxygens (including phenoxy) is 3. The van der Waals surface area contributed by atoms with Crippen LogP contribution < -0.4 is 0 Å². The molecule has 1 saturated carbocycles. The van der Waals surface area contributed by atoms with Gasteiger partial charge in [-0.1, -0.05) is 56.5 Å². The molecule has 0 aliphatic heterocycles. The Labute approximate surface area is 147 Å². The standard InChI is InChI=1S/C21H34O3/c1-4-15-24-21(18-13-9-6-10-14-18)19(16-20(22-2)23-3)17-11-7-5-8-12-17/h5,7-8,11-12,18-21H,4,6,9-10,13-16H2,1-3H3. The van der Waals surface area contributed by atoms with Gasteiger partial charge in [0.05, 0.1) is 6.10 Å². The molecule has 0 amide bonds. The molecule has 3 heteroatoms. The van der Waals surface area contributed by atoms with Gasteiger partial charge in [0.2, 0.25) is 0 Å². The molecule has 1 aromatic rings. The smallest absolute Gasteiger partial charge is 0.157 e. The quantitative estimate of drug-likeness (QED) is 0.554. The van der Waals surface area contributed by atoms with E-state index in [-0.39, 0.29) is 12.4 Å². The van der Waals surface area contributed by atoms with E-state index in [1.807, 2.05) is 0 Å². The van der Waals surface area contributed by atoms with E-state index in [9.17, 15) is 0 Å². The van der Waals surface area contributed by atoms with Crippen molar-refractivity contribution < 1.29 is 14.2 Å². The Hall–Kier alpha value is -0.900. The lowest BCUT2D eigenvalue weighted by Gasteiger charge is -2.37. The van der Waals surface area contributed by atoms with E-state index < -0.39 is 0 Å². The Balaban J connectivity index is 2.24. The number of hydrogen-bond acceptors (Lipinski definition) is 3. The van der Waals surface area contributed by atoms with Gasteiger partial charge in [-0.25, -0.2) is 0 Å². The molecule has 1 aliphatic carbocycles. The summed E-state index contributed by atoms with van der Waals surface area (Å²) in [7, 11) is 3.44. The zero-order chi connectivity index (χ0) is 17.2. The third kappa shape index (κ3) is 5.58. The fraction of sp³-hybridized carbons (Fsp3) is 0.714. The van der Waals surface area contributed by atoms with Crippen LogP contribution in [0.2, 0.25) is 0 Å². The molecule has 0 saturated heterocycles. The highest BCUT2D eigenvalue weighted by Gasteiger charge is 2.34. The Morgan fingerprint density at radius 2 is 1.67 bits per heavy atom. The van der Waals surface area contributed by atoms with Gasteiger partial charge in [-0.3, -0.25) is 0 Å². The Bertz CT molecular complexity index is 424. The molecule has 3 nitrogen and oxygen atoms in total. The summed E-state index contributed by atoms with van der Waals surface area (Å²) in [5, 5.41) is 0. The fourth-order valence-corrected chi connectivity index (χ4v) is 3.95. The lowest BCUT2D eigenvalue weighted by atomic mass is 9.76. The minimum Gasteiger partial charge on any atom is -0.377 e. The summed E-state index contributed by atoms with van der Waals surface area (Å²) in [6.07, 6.45) is 8.54. The highest BCUT2D eigenvalue weighted by atomic mass is 16.7. The number of hydrogen-bond donors (Lipinski definition) is 0. The van der Waals surface area contributed by atoms with E-state index in [1.165, 1.54) is 37.7 Å². The summed E-state index contributed by atoms with van der Waals surface area (Å²) in [6.45, 7) is 3.01. The molecule has 0 bridgehead atoms. The first-order valence-corrected chi connectivity index (χ1v) is 9.52. The van der Waals surface area contributed by atoms with Crippen LogP contribution in [0.3, 0.4) is 0 Å². The van der Waals surface area contributed by atoms with Crippen LogP contribution in [0.25, 0.3) is 0 Å². The maximum Gasteiger partial charge on any atom is 0.157 e. The molecular formula is C21H34O3. The summed E-state index contributed by atoms with van der Waals surface area (Å²) in [5.41, 5.74) is 1.34. The summed E-state index contributed by atoms with van der Waals surface area (Å²) in [5.74, 6) is 0.954. The van der Waals surface area contributed by atoms with Crippen molar-refractivity contribution in [3.8, 4) is 0 Å². The van der Waals surface area contributed by atoms with Gasteiger partial charge in [0.25, 0.3) is 0 Å². The number of benzene rings is 1. The SMILES string of the molecule is CCCOC(C1CCCCC1)C(CC(OC)OC)c1ccccc1. The van der Waals surface area contributed by atoms with E-state index >= 15 is 0 Å². The van der Waals surface area contributed by atoms with Crippen LogP contribution in [0.15, 0.2) is 30.3 Å². The first-order valence-electron chi connectivity index (χ1n) is 9.52. The van der Waals surface area contributed by atoms with Crippen LogP contribution in [0, 0.1) is 5.92 Å². The van der Waals surface area contributed by atoms with E-state index in [1.54, 1.807) is 14.2 Å². The molecule has 0 heterocycles. The zero-order valence-electron chi connectivity index (χ0n) is 15.6. The van der Waals surface area contributed by atoms with E-state index in [0.29, 0.717) is 11.8 Å². The third-order valence-electron chi connectivity index (χ3n) is 5.23. The van der Waals surface area contributed by atoms with Crippen molar-refractivity contribution in [2.45, 2.75) is 70.2 Å². The van der Waals surface area contributed by atoms with Crippen molar-refractivity contribution in [2.75, 3.05) is 20.8 Å². The van der Waals surface area contributed by atoms with Crippen molar-refractivity contribution >= 4 is 0 Å². The number of rotatable bonds is 10. The third-order valence-corrected chi connectivity index (χ3v) is 5.23. The van der Waals surface area contributed by atoms with Gasteiger partial charge in [0.15, 0.2) is 6.29 Å². The minimum atomic E-state index is -0.188. The van der Waals surface area contributed by atoms with Crippen molar-refractivity contribution in [1.82, 2.24) is 0 Å². The van der Waals surface area contributed by atoms with Gasteiger partial charge >= 0.3 is 0 Å². The van der Waals surface area contributed by atoms with Gasteiger partial charge in [-0.15, -0.1) is 0 Å². The highest BCUT2D eigenvalue weighted by Crippen LogP contribution is 2.38. The van der Waals surface area contributed by atoms with Crippen LogP contribution in [0.5, 0.6) is 0 Å². The fourth-order valence-electron chi connectivity index (χ4n) is 3.95. The Kier molecular flexibility index (Phi) is 8.79. The Morgan fingerprint density at radius 1 is 1.00 bits per heavy atom. The molecule has 0 spiro atoms. The predicted molar refractivity (Wildman–Crippen MR) is 98.2 cm³/mol. The first-order chi connectivity index (χ1) is 11.8. The molecule has 2 unspecified atom stereocenters. The lowest BCUT2D eigenvalue weighted by molar-refractivity contribution is -0.122. The molecule has 24 heavy (non-hydrogen) atoms. The second kappa shape index (κ2) is 10.9. The van der Waals surface area contributed by atoms with Crippen molar-refractivity contribution in [3.63, 3.8) is 0 Å². The molecule has 0 N–H and O–H groups in total. The van der Waals surface area contributed by atoms with Gasteiger partial charge < -0.3 is 14.2 Å². The summed E-state index contributed by atoms with van der Waals surface area (Å²) in [6, 6.07) is 10.8. The second-order valence-electron chi connectivity index (χ2n) is 6.89. The van der Waals surface area contributed by atoms with Crippen molar-refractivity contribution in [2.24, 2.45) is 5.92 Å². The largest absolute Gasteiger partial charge is 0.377 e. The maximum absolute atomic E-state index is 6.43. The van der Waals surface area contributed by atoms with Gasteiger partial charge in [-0.05, 0) is 30.7 Å². The second-order valence-corrected chi connectivity index (χ2v) is 6.89. The summed E-state index contributed by atoms with van der Waals surface area (Å²) >= 11 is 0. The lowest BCUT2D eigenvalue weighted by Crippen LogP contribution is -2.35. The van der Waals surface area contributed by atoms with Crippen molar-refractivity contribution in [3.05, 3.63) is 35.9 Å².